The van der Waals surface area contributed by atoms with Crippen LogP contribution in [0.2, 0.25) is 0 Å². The molecule has 0 aromatic carbocycles. The molecular formula is C12H21NO2S. The molecule has 0 saturated carbocycles. The van der Waals surface area contributed by atoms with Gasteiger partial charge in [0.2, 0.25) is 0 Å². The van der Waals surface area contributed by atoms with Gasteiger partial charge in [-0.2, -0.15) is 11.8 Å². The topological polar surface area (TPSA) is 52.3 Å². The Balaban J connectivity index is 1.88. The Kier molecular flexibility index (Phi) is 4.27. The molecule has 0 radical (unpaired) electrons. The van der Waals surface area contributed by atoms with E-state index < -0.39 is 0 Å². The largest absolute Gasteiger partial charge is 0.374 e. The predicted molar refractivity (Wildman–Crippen MR) is 66.6 cm³/mol. The average molecular weight is 243 g/mol. The molecule has 2 rings (SSSR count). The van der Waals surface area contributed by atoms with Crippen LogP contribution in [0.25, 0.3) is 0 Å². The second kappa shape index (κ2) is 5.52. The van der Waals surface area contributed by atoms with Gasteiger partial charge in [0, 0.05) is 24.7 Å². The van der Waals surface area contributed by atoms with Crippen molar-refractivity contribution < 1.29 is 9.53 Å². The van der Waals surface area contributed by atoms with Crippen LogP contribution in [0, 0.1) is 5.92 Å². The van der Waals surface area contributed by atoms with Gasteiger partial charge >= 0.3 is 0 Å². The lowest BCUT2D eigenvalue weighted by atomic mass is 9.82. The fourth-order valence-electron chi connectivity index (χ4n) is 2.65. The molecule has 2 unspecified atom stereocenters. The van der Waals surface area contributed by atoms with E-state index in [9.17, 15) is 4.79 Å². The number of carbonyl (C=O) groups is 1. The summed E-state index contributed by atoms with van der Waals surface area (Å²) in [5, 5.41) is 0. The minimum atomic E-state index is 0.0337. The van der Waals surface area contributed by atoms with E-state index in [-0.39, 0.29) is 11.5 Å². The van der Waals surface area contributed by atoms with Crippen LogP contribution in [0.1, 0.15) is 32.1 Å². The van der Waals surface area contributed by atoms with Crippen LogP contribution in [0.5, 0.6) is 0 Å². The Hall–Kier alpha value is -0.0600. The fraction of sp³-hybridized carbons (Fsp3) is 0.917. The van der Waals surface area contributed by atoms with Gasteiger partial charge in [-0.05, 0) is 38.0 Å². The van der Waals surface area contributed by atoms with Crippen LogP contribution >= 0.6 is 11.8 Å². The van der Waals surface area contributed by atoms with Crippen LogP contribution in [0.15, 0.2) is 0 Å². The van der Waals surface area contributed by atoms with Gasteiger partial charge in [0.25, 0.3) is 0 Å². The number of ether oxygens (including phenoxy) is 1. The Morgan fingerprint density at radius 1 is 1.56 bits per heavy atom. The SMILES string of the molecule is NCCCC(=O)C1CCOC2(CCSC2)C1. The van der Waals surface area contributed by atoms with Gasteiger partial charge in [-0.25, -0.2) is 0 Å². The Morgan fingerprint density at radius 3 is 3.12 bits per heavy atom. The smallest absolute Gasteiger partial charge is 0.136 e. The third-order valence-corrected chi connectivity index (χ3v) is 4.87. The van der Waals surface area contributed by atoms with E-state index in [2.05, 4.69) is 0 Å². The molecule has 0 bridgehead atoms. The zero-order valence-electron chi connectivity index (χ0n) is 9.74. The molecule has 2 aliphatic heterocycles. The third-order valence-electron chi connectivity index (χ3n) is 3.64. The number of ketones is 1. The molecule has 2 heterocycles. The van der Waals surface area contributed by atoms with Gasteiger partial charge in [-0.1, -0.05) is 0 Å². The summed E-state index contributed by atoms with van der Waals surface area (Å²) in [7, 11) is 0. The van der Waals surface area contributed by atoms with Gasteiger partial charge in [0.1, 0.15) is 5.78 Å². The van der Waals surface area contributed by atoms with Gasteiger partial charge in [0.05, 0.1) is 5.60 Å². The van der Waals surface area contributed by atoms with E-state index in [1.54, 1.807) is 0 Å². The van der Waals surface area contributed by atoms with Crippen LogP contribution in [0.4, 0.5) is 0 Å². The average Bonchev–Trinajstić information content (AvgIpc) is 2.74. The van der Waals surface area contributed by atoms with Crippen molar-refractivity contribution in [2.45, 2.75) is 37.7 Å². The maximum absolute atomic E-state index is 12.0. The zero-order valence-corrected chi connectivity index (χ0v) is 10.6. The van der Waals surface area contributed by atoms with Gasteiger partial charge < -0.3 is 10.5 Å². The summed E-state index contributed by atoms with van der Waals surface area (Å²) in [6.45, 7) is 1.38. The molecule has 2 aliphatic rings. The number of carbonyl (C=O) groups excluding carboxylic acids is 1. The van der Waals surface area contributed by atoms with Crippen LogP contribution in [0.3, 0.4) is 0 Å². The van der Waals surface area contributed by atoms with Gasteiger partial charge in [0.15, 0.2) is 0 Å². The normalized spacial score (nSPS) is 34.4. The third kappa shape index (κ3) is 2.79. The highest BCUT2D eigenvalue weighted by Gasteiger charge is 2.41. The van der Waals surface area contributed by atoms with Crippen molar-refractivity contribution >= 4 is 17.5 Å². The molecule has 2 saturated heterocycles. The monoisotopic (exact) mass is 243 g/mol. The number of thioether (sulfide) groups is 1. The van der Waals surface area contributed by atoms with E-state index in [0.29, 0.717) is 18.7 Å². The number of hydrogen-bond acceptors (Lipinski definition) is 4. The molecule has 4 heteroatoms. The quantitative estimate of drug-likeness (QED) is 0.815. The zero-order chi connectivity index (χ0) is 11.4. The lowest BCUT2D eigenvalue weighted by Gasteiger charge is -2.37. The van der Waals surface area contributed by atoms with Crippen LogP contribution in [-0.4, -0.2) is 36.0 Å². The van der Waals surface area contributed by atoms with E-state index in [1.807, 2.05) is 11.8 Å². The Morgan fingerprint density at radius 2 is 2.44 bits per heavy atom. The van der Waals surface area contributed by atoms with Crippen molar-refractivity contribution in [2.24, 2.45) is 11.7 Å². The molecule has 92 valence electrons. The highest BCUT2D eigenvalue weighted by atomic mass is 32.2. The summed E-state index contributed by atoms with van der Waals surface area (Å²) in [4.78, 5) is 12.0. The first-order valence-corrected chi connectivity index (χ1v) is 7.36. The van der Waals surface area contributed by atoms with E-state index in [1.165, 1.54) is 5.75 Å². The number of nitrogens with two attached hydrogens (primary N) is 1. The maximum atomic E-state index is 12.0. The Labute approximate surface area is 101 Å². The molecule has 1 spiro atoms. The summed E-state index contributed by atoms with van der Waals surface area (Å²) in [6, 6.07) is 0. The lowest BCUT2D eigenvalue weighted by molar-refractivity contribution is -0.134. The molecular weight excluding hydrogens is 222 g/mol. The first-order chi connectivity index (χ1) is 7.76. The van der Waals surface area contributed by atoms with E-state index in [4.69, 9.17) is 10.5 Å². The van der Waals surface area contributed by atoms with Crippen LogP contribution in [-0.2, 0) is 9.53 Å². The van der Waals surface area contributed by atoms with Crippen molar-refractivity contribution in [2.75, 3.05) is 24.7 Å². The minimum absolute atomic E-state index is 0.0337. The highest BCUT2D eigenvalue weighted by Crippen LogP contribution is 2.40. The summed E-state index contributed by atoms with van der Waals surface area (Å²) >= 11 is 1.95. The molecule has 2 N–H and O–H groups in total. The van der Waals surface area contributed by atoms with Crippen molar-refractivity contribution in [3.63, 3.8) is 0 Å². The maximum Gasteiger partial charge on any atom is 0.136 e. The second-order valence-electron chi connectivity index (χ2n) is 4.88. The summed E-state index contributed by atoms with van der Waals surface area (Å²) in [5.41, 5.74) is 5.48. The van der Waals surface area contributed by atoms with E-state index >= 15 is 0 Å². The molecule has 3 nitrogen and oxygen atoms in total. The number of hydrogen-bond donors (Lipinski definition) is 1. The summed E-state index contributed by atoms with van der Waals surface area (Å²) in [6.07, 6.45) is 4.47. The first-order valence-electron chi connectivity index (χ1n) is 6.20. The lowest BCUT2D eigenvalue weighted by Crippen LogP contribution is -2.42. The second-order valence-corrected chi connectivity index (χ2v) is 5.99. The minimum Gasteiger partial charge on any atom is -0.374 e. The van der Waals surface area contributed by atoms with Crippen molar-refractivity contribution in [3.8, 4) is 0 Å². The molecule has 0 aromatic heterocycles. The number of rotatable bonds is 4. The molecule has 2 fully saturated rings. The summed E-state index contributed by atoms with van der Waals surface area (Å²) < 4.78 is 5.91. The molecule has 0 aromatic rings. The molecule has 16 heavy (non-hydrogen) atoms. The first kappa shape index (κ1) is 12.4. The number of Topliss-reactive ketones (excluding diaryl/α,β-unsaturated/α-hetero) is 1. The Bertz CT molecular complexity index is 251. The highest BCUT2D eigenvalue weighted by molar-refractivity contribution is 7.99. The van der Waals surface area contributed by atoms with Gasteiger partial charge in [-0.3, -0.25) is 4.79 Å². The van der Waals surface area contributed by atoms with Crippen molar-refractivity contribution in [1.29, 1.82) is 0 Å². The van der Waals surface area contributed by atoms with Crippen molar-refractivity contribution in [3.05, 3.63) is 0 Å². The molecule has 2 atom stereocenters. The molecule has 0 aliphatic carbocycles. The van der Waals surface area contributed by atoms with Gasteiger partial charge in [-0.15, -0.1) is 0 Å². The summed E-state index contributed by atoms with van der Waals surface area (Å²) in [5.74, 6) is 2.90. The van der Waals surface area contributed by atoms with Crippen molar-refractivity contribution in [1.82, 2.24) is 0 Å². The predicted octanol–water partition coefficient (Wildman–Crippen LogP) is 1.60. The van der Waals surface area contributed by atoms with E-state index in [0.717, 1.165) is 38.0 Å². The standard InChI is InChI=1S/C12H21NO2S/c13-5-1-2-11(14)10-3-6-15-12(8-10)4-7-16-9-12/h10H,1-9,13H2. The van der Waals surface area contributed by atoms with Crippen LogP contribution < -0.4 is 5.73 Å². The molecule has 0 amide bonds. The fourth-order valence-corrected chi connectivity index (χ4v) is 4.02.